The Morgan fingerprint density at radius 3 is 2.32 bits per heavy atom. The molecule has 0 atom stereocenters. The lowest BCUT2D eigenvalue weighted by atomic mass is 9.81. The van der Waals surface area contributed by atoms with E-state index in [-0.39, 0.29) is 0 Å². The summed E-state index contributed by atoms with van der Waals surface area (Å²) >= 11 is 0. The van der Waals surface area contributed by atoms with Crippen molar-refractivity contribution in [2.45, 2.75) is 83.2 Å². The Kier molecular flexibility index (Phi) is 8.66. The number of rotatable bonds is 8. The molecule has 2 aromatic carbocycles. The van der Waals surface area contributed by atoms with Crippen LogP contribution in [0.5, 0.6) is 0 Å². The fourth-order valence-electron chi connectivity index (χ4n) is 4.13. The van der Waals surface area contributed by atoms with Crippen LogP contribution in [0.15, 0.2) is 54.6 Å². The topological polar surface area (TPSA) is 12.0 Å². The summed E-state index contributed by atoms with van der Waals surface area (Å²) in [7, 11) is 0. The van der Waals surface area contributed by atoms with Crippen LogP contribution in [0.2, 0.25) is 0 Å². The van der Waals surface area contributed by atoms with E-state index < -0.39 is 0 Å². The standard InChI is InChI=1S/C27H35N/c1-2-3-4-5-6-8-11-23-14-16-25(17-15-23)26-18-20-27(21-19-26)28-22-24-12-9-7-10-13-24/h7,9-10,12-17,26-28H,2-6,18-22H2,1H3. The van der Waals surface area contributed by atoms with Crippen molar-refractivity contribution in [3.05, 3.63) is 71.3 Å². The average molecular weight is 374 g/mol. The average Bonchev–Trinajstić information content (AvgIpc) is 2.76. The van der Waals surface area contributed by atoms with Crippen molar-refractivity contribution in [3.63, 3.8) is 0 Å². The molecule has 0 aliphatic heterocycles. The molecule has 0 heterocycles. The minimum absolute atomic E-state index is 0.661. The Bertz CT molecular complexity index is 727. The van der Waals surface area contributed by atoms with Gasteiger partial charge in [-0.2, -0.15) is 0 Å². The van der Waals surface area contributed by atoms with E-state index in [9.17, 15) is 0 Å². The van der Waals surface area contributed by atoms with Crippen LogP contribution < -0.4 is 5.32 Å². The predicted molar refractivity (Wildman–Crippen MR) is 120 cm³/mol. The molecule has 0 radical (unpaired) electrons. The summed E-state index contributed by atoms with van der Waals surface area (Å²) < 4.78 is 0. The Morgan fingerprint density at radius 2 is 1.61 bits per heavy atom. The molecule has 1 fully saturated rings. The second-order valence-electron chi connectivity index (χ2n) is 8.15. The summed E-state index contributed by atoms with van der Waals surface area (Å²) in [4.78, 5) is 0. The van der Waals surface area contributed by atoms with Gasteiger partial charge < -0.3 is 5.32 Å². The molecule has 1 heteroatoms. The molecule has 1 aliphatic rings. The molecule has 0 saturated heterocycles. The molecule has 1 N–H and O–H groups in total. The fraction of sp³-hybridized carbons (Fsp3) is 0.481. The lowest BCUT2D eigenvalue weighted by molar-refractivity contribution is 0.341. The van der Waals surface area contributed by atoms with Crippen molar-refractivity contribution >= 4 is 0 Å². The van der Waals surface area contributed by atoms with Crippen LogP contribution in [0.25, 0.3) is 0 Å². The maximum atomic E-state index is 3.74. The third kappa shape index (κ3) is 6.84. The van der Waals surface area contributed by atoms with E-state index in [0.717, 1.165) is 18.5 Å². The first-order valence-corrected chi connectivity index (χ1v) is 11.2. The maximum absolute atomic E-state index is 3.74. The third-order valence-corrected chi connectivity index (χ3v) is 5.94. The molecular weight excluding hydrogens is 338 g/mol. The molecule has 0 bridgehead atoms. The number of hydrogen-bond acceptors (Lipinski definition) is 1. The first kappa shape index (κ1) is 20.7. The third-order valence-electron chi connectivity index (χ3n) is 5.94. The zero-order chi connectivity index (χ0) is 19.4. The van der Waals surface area contributed by atoms with Gasteiger partial charge in [0.25, 0.3) is 0 Å². The van der Waals surface area contributed by atoms with E-state index in [1.54, 1.807) is 0 Å². The molecule has 1 nitrogen and oxygen atoms in total. The highest BCUT2D eigenvalue weighted by atomic mass is 14.9. The van der Waals surface area contributed by atoms with Crippen LogP contribution in [0.4, 0.5) is 0 Å². The van der Waals surface area contributed by atoms with E-state index in [1.807, 2.05) is 0 Å². The van der Waals surface area contributed by atoms with Crippen molar-refractivity contribution in [1.29, 1.82) is 0 Å². The molecule has 0 unspecified atom stereocenters. The monoisotopic (exact) mass is 373 g/mol. The van der Waals surface area contributed by atoms with Gasteiger partial charge in [0, 0.05) is 24.6 Å². The zero-order valence-electron chi connectivity index (χ0n) is 17.4. The summed E-state index contributed by atoms with van der Waals surface area (Å²) in [5.41, 5.74) is 4.04. The number of hydrogen-bond donors (Lipinski definition) is 1. The Hall–Kier alpha value is -2.04. The van der Waals surface area contributed by atoms with Crippen LogP contribution in [0.3, 0.4) is 0 Å². The molecule has 28 heavy (non-hydrogen) atoms. The molecule has 0 aromatic heterocycles. The Morgan fingerprint density at radius 1 is 0.857 bits per heavy atom. The van der Waals surface area contributed by atoms with Crippen LogP contribution in [0.1, 0.15) is 87.3 Å². The highest BCUT2D eigenvalue weighted by molar-refractivity contribution is 5.37. The maximum Gasteiger partial charge on any atom is 0.0245 e. The first-order valence-electron chi connectivity index (χ1n) is 11.2. The van der Waals surface area contributed by atoms with Crippen molar-refractivity contribution in [1.82, 2.24) is 5.32 Å². The number of benzene rings is 2. The lowest BCUT2D eigenvalue weighted by Gasteiger charge is -2.29. The van der Waals surface area contributed by atoms with Crippen molar-refractivity contribution in [2.24, 2.45) is 0 Å². The van der Waals surface area contributed by atoms with Gasteiger partial charge in [-0.15, -0.1) is 0 Å². The van der Waals surface area contributed by atoms with Gasteiger partial charge in [0.2, 0.25) is 0 Å². The molecule has 0 amide bonds. The van der Waals surface area contributed by atoms with Gasteiger partial charge in [-0.25, -0.2) is 0 Å². The summed E-state index contributed by atoms with van der Waals surface area (Å²) in [6.07, 6.45) is 11.3. The van der Waals surface area contributed by atoms with Crippen molar-refractivity contribution in [2.75, 3.05) is 0 Å². The molecule has 0 spiro atoms. The minimum atomic E-state index is 0.661. The largest absolute Gasteiger partial charge is 0.310 e. The normalized spacial score (nSPS) is 19.0. The van der Waals surface area contributed by atoms with E-state index in [4.69, 9.17) is 0 Å². The van der Waals surface area contributed by atoms with Gasteiger partial charge in [0.1, 0.15) is 0 Å². The predicted octanol–water partition coefficient (Wildman–Crippen LogP) is 6.82. The van der Waals surface area contributed by atoms with Crippen LogP contribution >= 0.6 is 0 Å². The fourth-order valence-corrected chi connectivity index (χ4v) is 4.13. The molecule has 148 valence electrons. The van der Waals surface area contributed by atoms with E-state index in [2.05, 4.69) is 78.7 Å². The number of unbranched alkanes of at least 4 members (excludes halogenated alkanes) is 4. The Balaban J connectivity index is 1.40. The highest BCUT2D eigenvalue weighted by Gasteiger charge is 2.21. The lowest BCUT2D eigenvalue weighted by Crippen LogP contribution is -2.32. The van der Waals surface area contributed by atoms with Gasteiger partial charge in [0.05, 0.1) is 0 Å². The number of nitrogens with one attached hydrogen (secondary N) is 1. The summed E-state index contributed by atoms with van der Waals surface area (Å²) in [5.74, 6) is 7.38. The molecule has 3 rings (SSSR count). The first-order chi connectivity index (χ1) is 13.8. The van der Waals surface area contributed by atoms with Crippen molar-refractivity contribution < 1.29 is 0 Å². The molecule has 2 aromatic rings. The van der Waals surface area contributed by atoms with Gasteiger partial charge in [0.15, 0.2) is 0 Å². The van der Waals surface area contributed by atoms with Crippen LogP contribution in [0, 0.1) is 11.8 Å². The van der Waals surface area contributed by atoms with Gasteiger partial charge in [-0.05, 0) is 61.3 Å². The minimum Gasteiger partial charge on any atom is -0.310 e. The zero-order valence-corrected chi connectivity index (χ0v) is 17.4. The van der Waals surface area contributed by atoms with E-state index in [1.165, 1.54) is 62.5 Å². The van der Waals surface area contributed by atoms with Crippen LogP contribution in [-0.4, -0.2) is 6.04 Å². The van der Waals surface area contributed by atoms with Crippen LogP contribution in [-0.2, 0) is 6.54 Å². The smallest absolute Gasteiger partial charge is 0.0245 e. The second kappa shape index (κ2) is 11.7. The molecule has 1 saturated carbocycles. The highest BCUT2D eigenvalue weighted by Crippen LogP contribution is 2.33. The quantitative estimate of drug-likeness (QED) is 0.395. The molecule has 1 aliphatic carbocycles. The Labute approximate surface area is 172 Å². The molecular formula is C27H35N. The van der Waals surface area contributed by atoms with Gasteiger partial charge in [-0.1, -0.05) is 80.5 Å². The summed E-state index contributed by atoms with van der Waals surface area (Å²) in [5, 5.41) is 3.74. The SMILES string of the molecule is CCCCCCC#Cc1ccc(C2CCC(NCc3ccccc3)CC2)cc1. The van der Waals surface area contributed by atoms with Crippen molar-refractivity contribution in [3.8, 4) is 11.8 Å². The van der Waals surface area contributed by atoms with E-state index in [0.29, 0.717) is 12.0 Å². The van der Waals surface area contributed by atoms with E-state index >= 15 is 0 Å². The summed E-state index contributed by atoms with van der Waals surface area (Å²) in [6.45, 7) is 3.24. The second-order valence-corrected chi connectivity index (χ2v) is 8.15. The summed E-state index contributed by atoms with van der Waals surface area (Å²) in [6, 6.07) is 20.4. The van der Waals surface area contributed by atoms with Gasteiger partial charge in [-0.3, -0.25) is 0 Å². The van der Waals surface area contributed by atoms with Gasteiger partial charge >= 0.3 is 0 Å².